The summed E-state index contributed by atoms with van der Waals surface area (Å²) >= 11 is 0. The quantitative estimate of drug-likeness (QED) is 0.160. The van der Waals surface area contributed by atoms with Crippen molar-refractivity contribution in [3.63, 3.8) is 0 Å². The molecule has 284 valence electrons. The highest BCUT2D eigenvalue weighted by atomic mass is 19.1. The summed E-state index contributed by atoms with van der Waals surface area (Å²) < 4.78 is 29.4. The molecule has 0 aromatic carbocycles. The van der Waals surface area contributed by atoms with Crippen LogP contribution < -0.4 is 10.8 Å². The van der Waals surface area contributed by atoms with Crippen LogP contribution >= 0.6 is 0 Å². The third kappa shape index (κ3) is 6.84. The van der Waals surface area contributed by atoms with E-state index >= 15 is 4.39 Å². The lowest BCUT2D eigenvalue weighted by Gasteiger charge is -2.61. The smallest absolute Gasteiger partial charge is 0.256 e. The van der Waals surface area contributed by atoms with E-state index in [1.807, 2.05) is 27.0 Å². The molecule has 0 spiro atoms. The highest BCUT2D eigenvalue weighted by Crippen LogP contribution is 2.56. The first-order chi connectivity index (χ1) is 24.5. The van der Waals surface area contributed by atoms with E-state index in [1.54, 1.807) is 0 Å². The number of Topliss-reactive ketones (excluding diaryl/α,β-unsaturated/α-hetero) is 2. The largest absolute Gasteiger partial charge is 0.369 e. The number of amides is 1. The Morgan fingerprint density at radius 3 is 2.59 bits per heavy atom. The second-order valence-electron chi connectivity index (χ2n) is 18.0. The number of carbonyl (C=O) groups excluding carboxylic acids is 3. The van der Waals surface area contributed by atoms with Crippen LogP contribution in [0, 0.1) is 29.6 Å². The Bertz CT molecular complexity index is 1370. The summed E-state index contributed by atoms with van der Waals surface area (Å²) in [6.07, 6.45) is 9.54. The number of ether oxygens (including phenoxy) is 2. The number of rotatable bonds is 9. The van der Waals surface area contributed by atoms with Crippen molar-refractivity contribution in [3.8, 4) is 0 Å². The van der Waals surface area contributed by atoms with E-state index in [4.69, 9.17) is 14.3 Å². The molecule has 4 aliphatic heterocycles. The zero-order valence-electron chi connectivity index (χ0n) is 31.1. The van der Waals surface area contributed by atoms with Gasteiger partial charge in [0.25, 0.3) is 5.91 Å². The van der Waals surface area contributed by atoms with E-state index in [9.17, 15) is 14.4 Å². The molecule has 1 amide bonds. The number of nitrogens with one attached hydrogen (secondary N) is 2. The van der Waals surface area contributed by atoms with E-state index < -0.39 is 24.2 Å². The van der Waals surface area contributed by atoms with Crippen molar-refractivity contribution in [2.24, 2.45) is 29.6 Å². The molecular formula is C39H60FN5O6. The van der Waals surface area contributed by atoms with Gasteiger partial charge in [0.1, 0.15) is 12.0 Å². The second-order valence-corrected chi connectivity index (χ2v) is 18.0. The number of hydrogen-bond acceptors (Lipinski definition) is 10. The summed E-state index contributed by atoms with van der Waals surface area (Å²) in [6, 6.07) is -0.489. The molecule has 4 aliphatic carbocycles. The molecule has 8 aliphatic rings. The van der Waals surface area contributed by atoms with Crippen molar-refractivity contribution >= 4 is 17.5 Å². The maximum Gasteiger partial charge on any atom is 0.256 e. The molecule has 12 unspecified atom stereocenters. The standard InChI is InChI=1S/C39H60FN5O6/c1-39(2,3)49-21-50-42-22-12-15-44(19-22)34-30(40)16-28-33-37(34)51-32-18-27-26(24-9-5-6-10-25(24)35(27)46)17-31(32)45(33)20-29(36(28)47)38(48)41-13-11-23-8-7-14-43(23)4/h20,22-28,30-34,37,42H,5-19,21H2,1-4H3,(H,41,48)/t22-,23?,24?,25?,26?,27?,28?,30?,31?,32?,33?,34?,37?/m0/s1. The third-order valence-electron chi connectivity index (χ3n) is 14.0. The molecule has 0 bridgehead atoms. The zero-order chi connectivity index (χ0) is 35.6. The van der Waals surface area contributed by atoms with Gasteiger partial charge >= 0.3 is 0 Å². The number of likely N-dealkylation sites (tertiary alicyclic amines) is 2. The molecule has 7 fully saturated rings. The number of halogens is 1. The first-order valence-corrected chi connectivity index (χ1v) is 20.1. The van der Waals surface area contributed by atoms with Gasteiger partial charge in [-0.1, -0.05) is 12.8 Å². The Balaban J connectivity index is 1.04. The number of fused-ring (bicyclic) bond motifs is 5. The minimum Gasteiger partial charge on any atom is -0.369 e. The van der Waals surface area contributed by atoms with Crippen molar-refractivity contribution in [2.45, 2.75) is 146 Å². The molecule has 51 heavy (non-hydrogen) atoms. The first kappa shape index (κ1) is 36.0. The monoisotopic (exact) mass is 713 g/mol. The fourth-order valence-corrected chi connectivity index (χ4v) is 11.6. The van der Waals surface area contributed by atoms with Gasteiger partial charge in [-0.25, -0.2) is 4.39 Å². The molecule has 8 rings (SSSR count). The van der Waals surface area contributed by atoms with Crippen molar-refractivity contribution in [1.29, 1.82) is 0 Å². The van der Waals surface area contributed by atoms with Crippen molar-refractivity contribution < 1.29 is 33.1 Å². The number of alkyl halides is 1. The Morgan fingerprint density at radius 1 is 0.980 bits per heavy atom. The van der Waals surface area contributed by atoms with Gasteiger partial charge in [-0.3, -0.25) is 24.1 Å². The molecule has 2 N–H and O–H groups in total. The molecule has 11 nitrogen and oxygen atoms in total. The van der Waals surface area contributed by atoms with Gasteiger partial charge in [-0.05, 0) is 104 Å². The van der Waals surface area contributed by atoms with E-state index in [0.717, 1.165) is 57.9 Å². The fraction of sp³-hybridized carbons (Fsp3) is 0.872. The van der Waals surface area contributed by atoms with Crippen LogP contribution in [0.1, 0.15) is 91.4 Å². The van der Waals surface area contributed by atoms with Crippen LogP contribution in [0.3, 0.4) is 0 Å². The topological polar surface area (TPSA) is 113 Å². The van der Waals surface area contributed by atoms with E-state index in [2.05, 4.69) is 32.5 Å². The van der Waals surface area contributed by atoms with Gasteiger partial charge in [0, 0.05) is 55.7 Å². The van der Waals surface area contributed by atoms with Gasteiger partial charge in [0.15, 0.2) is 12.6 Å². The summed E-state index contributed by atoms with van der Waals surface area (Å²) in [7, 11) is 2.12. The second kappa shape index (κ2) is 14.4. The highest BCUT2D eigenvalue weighted by Gasteiger charge is 2.63. The molecule has 0 aromatic heterocycles. The third-order valence-corrected chi connectivity index (χ3v) is 14.0. The molecule has 13 atom stereocenters. The average Bonchev–Trinajstić information content (AvgIpc) is 3.81. The van der Waals surface area contributed by atoms with Crippen LogP contribution in [0.25, 0.3) is 0 Å². The first-order valence-electron chi connectivity index (χ1n) is 20.1. The van der Waals surface area contributed by atoms with Gasteiger partial charge in [-0.2, -0.15) is 5.48 Å². The molecule has 0 radical (unpaired) electrons. The van der Waals surface area contributed by atoms with Gasteiger partial charge in [0.05, 0.1) is 41.5 Å². The molecule has 3 saturated heterocycles. The van der Waals surface area contributed by atoms with Crippen LogP contribution in [0.5, 0.6) is 0 Å². The Hall–Kier alpha value is -1.96. The number of ketones is 2. The van der Waals surface area contributed by atoms with Gasteiger partial charge in [0.2, 0.25) is 0 Å². The van der Waals surface area contributed by atoms with Crippen LogP contribution in [0.4, 0.5) is 4.39 Å². The number of hydrogen-bond donors (Lipinski definition) is 2. The fourth-order valence-electron chi connectivity index (χ4n) is 11.6. The van der Waals surface area contributed by atoms with Crippen molar-refractivity contribution in [2.75, 3.05) is 40.0 Å². The maximum absolute atomic E-state index is 16.7. The molecule has 4 heterocycles. The summed E-state index contributed by atoms with van der Waals surface area (Å²) in [5.74, 6) is -0.00903. The Labute approximate surface area is 302 Å². The molecule has 4 saturated carbocycles. The average molecular weight is 714 g/mol. The van der Waals surface area contributed by atoms with Crippen LogP contribution in [0.15, 0.2) is 11.8 Å². The highest BCUT2D eigenvalue weighted by molar-refractivity contribution is 6.20. The van der Waals surface area contributed by atoms with Gasteiger partial charge in [-0.15, -0.1) is 0 Å². The predicted octanol–water partition coefficient (Wildman–Crippen LogP) is 3.37. The van der Waals surface area contributed by atoms with E-state index in [-0.39, 0.29) is 72.1 Å². The van der Waals surface area contributed by atoms with Crippen molar-refractivity contribution in [3.05, 3.63) is 11.8 Å². The SMILES string of the molecule is CN1CCCC1CCNC(=O)C1=CN2C3CC4C(CC3OC3C(N5CC[C@H](NOCOC(C)(C)C)C5)C(F)CC(C1=O)C32)C(=O)C1CCCCC14. The number of carbonyl (C=O) groups is 3. The zero-order valence-corrected chi connectivity index (χ0v) is 31.1. The van der Waals surface area contributed by atoms with Crippen LogP contribution in [0.2, 0.25) is 0 Å². The lowest BCUT2D eigenvalue weighted by molar-refractivity contribution is -0.218. The lowest BCUT2D eigenvalue weighted by Crippen LogP contribution is -2.73. The Morgan fingerprint density at radius 2 is 1.80 bits per heavy atom. The predicted molar refractivity (Wildman–Crippen MR) is 188 cm³/mol. The van der Waals surface area contributed by atoms with E-state index in [1.165, 1.54) is 6.42 Å². The minimum absolute atomic E-state index is 0.00744. The van der Waals surface area contributed by atoms with Gasteiger partial charge < -0.3 is 24.6 Å². The minimum atomic E-state index is -1.30. The number of hydroxylamine groups is 1. The van der Waals surface area contributed by atoms with E-state index in [0.29, 0.717) is 49.7 Å². The molecular weight excluding hydrogens is 653 g/mol. The summed E-state index contributed by atoms with van der Waals surface area (Å²) in [5, 5.41) is 3.06. The molecule has 0 aromatic rings. The maximum atomic E-state index is 16.7. The lowest BCUT2D eigenvalue weighted by atomic mass is 9.66. The summed E-state index contributed by atoms with van der Waals surface area (Å²) in [4.78, 5) is 54.2. The number of nitrogens with zero attached hydrogens (tertiary/aromatic N) is 3. The summed E-state index contributed by atoms with van der Waals surface area (Å²) in [6.45, 7) is 8.88. The van der Waals surface area contributed by atoms with Crippen LogP contribution in [-0.2, 0) is 28.7 Å². The number of morpholine rings is 1. The molecule has 12 heteroatoms. The van der Waals surface area contributed by atoms with Crippen LogP contribution in [-0.4, -0.2) is 126 Å². The summed E-state index contributed by atoms with van der Waals surface area (Å²) in [5.41, 5.74) is 2.96. The normalized spacial score (nSPS) is 42.6. The van der Waals surface area contributed by atoms with Crippen molar-refractivity contribution in [1.82, 2.24) is 25.5 Å². The Kier molecular flexibility index (Phi) is 10.1.